The van der Waals surface area contributed by atoms with Crippen molar-refractivity contribution in [2.24, 2.45) is 0 Å². The number of aromatic nitrogens is 2. The van der Waals surface area contributed by atoms with Gasteiger partial charge in [0.25, 0.3) is 6.71 Å². The molecule has 2 aliphatic rings. The maximum atomic E-state index is 6.57. The Morgan fingerprint density at radius 1 is 0.457 bits per heavy atom. The summed E-state index contributed by atoms with van der Waals surface area (Å²) >= 11 is 0. The van der Waals surface area contributed by atoms with Crippen molar-refractivity contribution in [2.75, 3.05) is 0 Å². The van der Waals surface area contributed by atoms with Crippen LogP contribution < -0.4 is 21.1 Å². The van der Waals surface area contributed by atoms with Gasteiger partial charge in [-0.05, 0) is 70.0 Å². The van der Waals surface area contributed by atoms with Gasteiger partial charge in [0.2, 0.25) is 0 Å². The Morgan fingerprint density at radius 3 is 2.13 bits per heavy atom. The molecule has 7 aromatic carbocycles. The quantitative estimate of drug-likeness (QED) is 0.187. The highest BCUT2D eigenvalue weighted by Crippen LogP contribution is 2.43. The molecular weight excluding hydrogens is 559 g/mol. The third kappa shape index (κ3) is 3.03. The summed E-state index contributed by atoms with van der Waals surface area (Å²) in [5, 5.41) is 5.09. The van der Waals surface area contributed by atoms with Gasteiger partial charge in [-0.3, -0.25) is 0 Å². The zero-order valence-corrected chi connectivity index (χ0v) is 24.8. The van der Waals surface area contributed by atoms with Crippen LogP contribution in [0.5, 0.6) is 11.5 Å². The van der Waals surface area contributed by atoms with Gasteiger partial charge in [0.05, 0.1) is 16.6 Å². The first-order chi connectivity index (χ1) is 22.8. The van der Waals surface area contributed by atoms with Gasteiger partial charge in [0, 0.05) is 38.4 Å². The number of para-hydroxylation sites is 3. The van der Waals surface area contributed by atoms with E-state index in [0.717, 1.165) is 17.2 Å². The molecule has 0 amide bonds. The molecule has 0 atom stereocenters. The average Bonchev–Trinajstić information content (AvgIpc) is 3.64. The summed E-state index contributed by atoms with van der Waals surface area (Å²) in [5.74, 6) is 1.89. The van der Waals surface area contributed by atoms with E-state index in [2.05, 4.69) is 161 Å². The van der Waals surface area contributed by atoms with Gasteiger partial charge < -0.3 is 13.9 Å². The van der Waals surface area contributed by atoms with E-state index < -0.39 is 0 Å². The van der Waals surface area contributed by atoms with Crippen molar-refractivity contribution in [1.82, 2.24) is 9.13 Å². The van der Waals surface area contributed by atoms with Crippen LogP contribution >= 0.6 is 0 Å². The lowest BCUT2D eigenvalue weighted by atomic mass is 9.34. The smallest absolute Gasteiger partial charge is 0.256 e. The normalized spacial score (nSPS) is 12.9. The SMILES string of the molecule is c1ccc(-c2cccc(-n3c4ccccc4c4c3ccc3c5cccc6c5n(c34)-c3cccc4c3B6c3ccccc3O4)c2)cc1. The highest BCUT2D eigenvalue weighted by atomic mass is 16.5. The summed E-state index contributed by atoms with van der Waals surface area (Å²) in [4.78, 5) is 0. The largest absolute Gasteiger partial charge is 0.458 e. The Bertz CT molecular complexity index is 2740. The second-order valence-corrected chi connectivity index (χ2v) is 12.5. The lowest BCUT2D eigenvalue weighted by Gasteiger charge is -2.33. The monoisotopic (exact) mass is 584 g/mol. The summed E-state index contributed by atoms with van der Waals surface area (Å²) in [6.07, 6.45) is 0. The van der Waals surface area contributed by atoms with Gasteiger partial charge in [-0.2, -0.15) is 0 Å². The molecule has 0 unspecified atom stereocenters. The predicted molar refractivity (Wildman–Crippen MR) is 192 cm³/mol. The minimum Gasteiger partial charge on any atom is -0.458 e. The molecule has 0 aliphatic carbocycles. The minimum absolute atomic E-state index is 0.120. The maximum Gasteiger partial charge on any atom is 0.256 e. The number of hydrogen-bond donors (Lipinski definition) is 0. The van der Waals surface area contributed by atoms with Crippen molar-refractivity contribution >= 4 is 66.7 Å². The van der Waals surface area contributed by atoms with E-state index in [1.807, 2.05) is 0 Å². The Kier molecular flexibility index (Phi) is 4.66. The summed E-state index contributed by atoms with van der Waals surface area (Å²) in [5.41, 5.74) is 13.5. The van der Waals surface area contributed by atoms with Crippen molar-refractivity contribution < 1.29 is 4.74 Å². The second-order valence-electron chi connectivity index (χ2n) is 12.5. The molecule has 0 fully saturated rings. The Labute approximate surface area is 265 Å². The van der Waals surface area contributed by atoms with Crippen LogP contribution in [0.4, 0.5) is 0 Å². The highest BCUT2D eigenvalue weighted by molar-refractivity contribution is 6.99. The number of nitrogens with zero attached hydrogens (tertiary/aromatic N) is 2. The van der Waals surface area contributed by atoms with Crippen molar-refractivity contribution in [3.63, 3.8) is 0 Å². The van der Waals surface area contributed by atoms with Crippen LogP contribution in [0.25, 0.3) is 66.1 Å². The highest BCUT2D eigenvalue weighted by Gasteiger charge is 2.40. The van der Waals surface area contributed by atoms with Crippen LogP contribution in [0.15, 0.2) is 152 Å². The molecule has 212 valence electrons. The number of ether oxygens (including phenoxy) is 1. The molecule has 0 N–H and O–H groups in total. The molecule has 0 saturated carbocycles. The molecule has 0 bridgehead atoms. The van der Waals surface area contributed by atoms with E-state index in [1.165, 1.54) is 76.8 Å². The molecule has 9 aromatic rings. The van der Waals surface area contributed by atoms with Crippen LogP contribution in [-0.4, -0.2) is 15.8 Å². The minimum atomic E-state index is 0.120. The summed E-state index contributed by atoms with van der Waals surface area (Å²) < 4.78 is 11.5. The van der Waals surface area contributed by atoms with Crippen LogP contribution in [0.3, 0.4) is 0 Å². The molecular formula is C42H25BN2O. The summed E-state index contributed by atoms with van der Waals surface area (Å²) in [7, 11) is 0. The number of fused-ring (bicyclic) bond motifs is 11. The van der Waals surface area contributed by atoms with Crippen LogP contribution in [-0.2, 0) is 0 Å². The van der Waals surface area contributed by atoms with Gasteiger partial charge in [0.1, 0.15) is 11.5 Å². The maximum absolute atomic E-state index is 6.57. The number of hydrogen-bond acceptors (Lipinski definition) is 1. The molecule has 4 heterocycles. The standard InChI is InChI=1S/C42H25BN2O/c1-2-11-26(12-3-1)27-13-8-14-28(25-27)44-34-19-6-4-15-31(34)39-35(44)24-23-30-29-16-9-18-33-41(29)45(42(30)39)36-20-10-22-38-40(36)43(33)32-17-5-7-21-37(32)46-38/h1-25H. The lowest BCUT2D eigenvalue weighted by molar-refractivity contribution is 0.487. The zero-order chi connectivity index (χ0) is 29.9. The molecule has 2 aliphatic heterocycles. The third-order valence-electron chi connectivity index (χ3n) is 10.2. The van der Waals surface area contributed by atoms with Crippen molar-refractivity contribution in [1.29, 1.82) is 0 Å². The first-order valence-corrected chi connectivity index (χ1v) is 15.9. The molecule has 11 rings (SSSR count). The first kappa shape index (κ1) is 24.3. The zero-order valence-electron chi connectivity index (χ0n) is 24.8. The number of benzene rings is 7. The van der Waals surface area contributed by atoms with Crippen molar-refractivity contribution in [3.05, 3.63) is 152 Å². The van der Waals surface area contributed by atoms with Gasteiger partial charge >= 0.3 is 0 Å². The predicted octanol–water partition coefficient (Wildman–Crippen LogP) is 8.48. The Morgan fingerprint density at radius 2 is 1.17 bits per heavy atom. The fourth-order valence-corrected chi connectivity index (χ4v) is 8.35. The van der Waals surface area contributed by atoms with Crippen LogP contribution in [0.1, 0.15) is 0 Å². The third-order valence-corrected chi connectivity index (χ3v) is 10.2. The fourth-order valence-electron chi connectivity index (χ4n) is 8.35. The van der Waals surface area contributed by atoms with Crippen LogP contribution in [0.2, 0.25) is 0 Å². The first-order valence-electron chi connectivity index (χ1n) is 15.9. The Hall–Kier alpha value is -6.00. The molecule has 2 aromatic heterocycles. The summed E-state index contributed by atoms with van der Waals surface area (Å²) in [6, 6.07) is 55.0. The van der Waals surface area contributed by atoms with E-state index in [-0.39, 0.29) is 6.71 Å². The molecule has 46 heavy (non-hydrogen) atoms. The molecule has 4 heteroatoms. The molecule has 3 nitrogen and oxygen atoms in total. The molecule has 0 radical (unpaired) electrons. The molecule has 0 spiro atoms. The van der Waals surface area contributed by atoms with E-state index in [0.29, 0.717) is 0 Å². The van der Waals surface area contributed by atoms with E-state index in [9.17, 15) is 0 Å². The fraction of sp³-hybridized carbons (Fsp3) is 0. The Balaban J connectivity index is 1.29. The lowest BCUT2D eigenvalue weighted by Crippen LogP contribution is -2.58. The summed E-state index contributed by atoms with van der Waals surface area (Å²) in [6.45, 7) is 0.120. The second kappa shape index (κ2) is 8.80. The van der Waals surface area contributed by atoms with E-state index in [1.54, 1.807) is 0 Å². The van der Waals surface area contributed by atoms with Gasteiger partial charge in [0.15, 0.2) is 0 Å². The van der Waals surface area contributed by atoms with Crippen LogP contribution in [0, 0.1) is 0 Å². The average molecular weight is 584 g/mol. The van der Waals surface area contributed by atoms with E-state index in [4.69, 9.17) is 4.74 Å². The van der Waals surface area contributed by atoms with Gasteiger partial charge in [-0.25, -0.2) is 0 Å². The van der Waals surface area contributed by atoms with Crippen molar-refractivity contribution in [3.8, 4) is 34.0 Å². The number of rotatable bonds is 2. The van der Waals surface area contributed by atoms with Gasteiger partial charge in [-0.15, -0.1) is 0 Å². The van der Waals surface area contributed by atoms with Crippen molar-refractivity contribution in [2.45, 2.75) is 0 Å². The van der Waals surface area contributed by atoms with E-state index >= 15 is 0 Å². The molecule has 0 saturated heterocycles. The topological polar surface area (TPSA) is 19.1 Å². The van der Waals surface area contributed by atoms with Gasteiger partial charge in [-0.1, -0.05) is 109 Å².